The Morgan fingerprint density at radius 1 is 0.366 bits per heavy atom. The summed E-state index contributed by atoms with van der Waals surface area (Å²) in [5.74, 6) is 0. The van der Waals surface area contributed by atoms with Crippen molar-refractivity contribution in [1.29, 1.82) is 0 Å². The van der Waals surface area contributed by atoms with E-state index in [1.165, 1.54) is 149 Å². The summed E-state index contributed by atoms with van der Waals surface area (Å²) >= 11 is 0. The molecule has 2 spiro atoms. The number of hydrogen-bond acceptors (Lipinski definition) is 3. The number of fused-ring (bicyclic) bond motifs is 4. The molecule has 3 nitrogen and oxygen atoms in total. The standard InChI is InChI=1S/C68H77N3/c1-63(2,3)52-29-33-54(34-30-52)69(55-35-31-53(32-36-55)64(4,5)6)56-45-57(70-61-37-27-50(48-23-15-11-16-24-48)43-59(61)67(65(70,7)8)39-19-13-20-40-67)47-58(46-56)71-62-38-28-51(49-25-17-12-18-26-49)44-60(62)68(66(71,9)10)41-21-14-22-42-68/h11-12,15-18,23-38,43-47H,13-14,19-22,39-42H2,1-10H3. The van der Waals surface area contributed by atoms with E-state index in [0.29, 0.717) is 0 Å². The fourth-order valence-electron chi connectivity index (χ4n) is 14.2. The molecule has 11 rings (SSSR count). The Hall–Kier alpha value is -6.06. The molecule has 4 aliphatic rings. The van der Waals surface area contributed by atoms with Gasteiger partial charge in [-0.15, -0.1) is 0 Å². The van der Waals surface area contributed by atoms with Crippen LogP contribution in [-0.2, 0) is 21.7 Å². The normalized spacial score (nSPS) is 18.7. The van der Waals surface area contributed by atoms with Crippen LogP contribution in [0.3, 0.4) is 0 Å². The maximum atomic E-state index is 2.79. The van der Waals surface area contributed by atoms with Gasteiger partial charge in [-0.05, 0) is 175 Å². The minimum atomic E-state index is -0.206. The van der Waals surface area contributed by atoms with E-state index >= 15 is 0 Å². The van der Waals surface area contributed by atoms with Crippen molar-refractivity contribution < 1.29 is 0 Å². The maximum Gasteiger partial charge on any atom is 0.0503 e. The highest BCUT2D eigenvalue weighted by Crippen LogP contribution is 2.64. The van der Waals surface area contributed by atoms with Crippen LogP contribution in [0.4, 0.5) is 39.8 Å². The molecule has 0 amide bonds. The molecular formula is C68H77N3. The molecule has 0 aromatic heterocycles. The largest absolute Gasteiger partial charge is 0.335 e. The molecule has 3 heteroatoms. The summed E-state index contributed by atoms with van der Waals surface area (Å²) in [5, 5.41) is 0. The summed E-state index contributed by atoms with van der Waals surface area (Å²) in [6.45, 7) is 24.2. The number of hydrogen-bond donors (Lipinski definition) is 0. The summed E-state index contributed by atoms with van der Waals surface area (Å²) in [6.07, 6.45) is 12.4. The Morgan fingerprint density at radius 3 is 1.08 bits per heavy atom. The smallest absolute Gasteiger partial charge is 0.0503 e. The fraction of sp³-hybridized carbons (Fsp3) is 0.382. The van der Waals surface area contributed by atoms with Crippen molar-refractivity contribution in [3.05, 3.63) is 186 Å². The van der Waals surface area contributed by atoms with Gasteiger partial charge in [0.1, 0.15) is 0 Å². The lowest BCUT2D eigenvalue weighted by molar-refractivity contribution is 0.199. The summed E-state index contributed by atoms with van der Waals surface area (Å²) in [6, 6.07) is 63.5. The summed E-state index contributed by atoms with van der Waals surface area (Å²) in [5.41, 5.74) is 19.3. The molecule has 2 saturated carbocycles. The van der Waals surface area contributed by atoms with Gasteiger partial charge in [0.25, 0.3) is 0 Å². The first kappa shape index (κ1) is 47.3. The summed E-state index contributed by atoms with van der Waals surface area (Å²) < 4.78 is 0. The molecule has 0 unspecified atom stereocenters. The van der Waals surface area contributed by atoms with Crippen LogP contribution in [0, 0.1) is 0 Å². The topological polar surface area (TPSA) is 9.72 Å². The first-order valence-electron chi connectivity index (χ1n) is 27.1. The number of rotatable bonds is 7. The van der Waals surface area contributed by atoms with Gasteiger partial charge >= 0.3 is 0 Å². The molecule has 2 fully saturated rings. The highest BCUT2D eigenvalue weighted by atomic mass is 15.3. The summed E-state index contributed by atoms with van der Waals surface area (Å²) in [4.78, 5) is 8.12. The Labute approximate surface area is 427 Å². The molecule has 0 N–H and O–H groups in total. The number of nitrogens with zero attached hydrogens (tertiary/aromatic N) is 3. The molecule has 0 atom stereocenters. The maximum absolute atomic E-state index is 2.79. The molecule has 0 radical (unpaired) electrons. The zero-order valence-electron chi connectivity index (χ0n) is 44.5. The van der Waals surface area contributed by atoms with E-state index in [9.17, 15) is 0 Å². The quantitative estimate of drug-likeness (QED) is 0.158. The first-order chi connectivity index (χ1) is 33.9. The van der Waals surface area contributed by atoms with Crippen LogP contribution in [-0.4, -0.2) is 11.1 Å². The van der Waals surface area contributed by atoms with E-state index < -0.39 is 0 Å². The van der Waals surface area contributed by atoms with Crippen LogP contribution in [0.5, 0.6) is 0 Å². The molecule has 71 heavy (non-hydrogen) atoms. The van der Waals surface area contributed by atoms with Gasteiger partial charge in [-0.2, -0.15) is 0 Å². The van der Waals surface area contributed by atoms with Crippen molar-refractivity contribution >= 4 is 39.8 Å². The second-order valence-electron chi connectivity index (χ2n) is 24.9. The van der Waals surface area contributed by atoms with E-state index in [4.69, 9.17) is 0 Å². The van der Waals surface area contributed by atoms with Gasteiger partial charge in [0, 0.05) is 56.0 Å². The molecule has 2 aliphatic heterocycles. The first-order valence-corrected chi connectivity index (χ1v) is 27.1. The van der Waals surface area contributed by atoms with Crippen LogP contribution in [0.15, 0.2) is 164 Å². The Kier molecular flexibility index (Phi) is 11.5. The molecular weight excluding hydrogens is 859 g/mol. The van der Waals surface area contributed by atoms with E-state index in [1.54, 1.807) is 0 Å². The third kappa shape index (κ3) is 7.75. The van der Waals surface area contributed by atoms with E-state index in [0.717, 1.165) is 0 Å². The Bertz CT molecular complexity index is 2840. The van der Waals surface area contributed by atoms with Crippen molar-refractivity contribution in [3.63, 3.8) is 0 Å². The lowest BCUT2D eigenvalue weighted by atomic mass is 9.61. The zero-order valence-corrected chi connectivity index (χ0v) is 44.5. The molecule has 2 heterocycles. The average molecular weight is 936 g/mol. The lowest BCUT2D eigenvalue weighted by Crippen LogP contribution is -2.53. The molecule has 7 aromatic rings. The van der Waals surface area contributed by atoms with Crippen LogP contribution >= 0.6 is 0 Å². The lowest BCUT2D eigenvalue weighted by Gasteiger charge is -2.50. The van der Waals surface area contributed by atoms with Crippen molar-refractivity contribution in [2.75, 3.05) is 14.7 Å². The second kappa shape index (κ2) is 17.3. The SMILES string of the molecule is CC(C)(C)c1ccc(N(c2ccc(C(C)(C)C)cc2)c2cc(N3c4ccc(-c5ccccc5)cc4C4(CCCCC4)C3(C)C)cc(N3c4ccc(-c5ccccc5)cc4C4(CCCCC4)C3(C)C)c2)cc1. The van der Waals surface area contributed by atoms with Gasteiger partial charge in [-0.3, -0.25) is 0 Å². The molecule has 0 saturated heterocycles. The predicted octanol–water partition coefficient (Wildman–Crippen LogP) is 19.3. The van der Waals surface area contributed by atoms with Gasteiger partial charge in [0.2, 0.25) is 0 Å². The molecule has 364 valence electrons. The third-order valence-corrected chi connectivity index (χ3v) is 18.2. The van der Waals surface area contributed by atoms with Gasteiger partial charge in [0.15, 0.2) is 0 Å². The molecule has 0 bridgehead atoms. The number of anilines is 7. The van der Waals surface area contributed by atoms with Crippen LogP contribution in [0.25, 0.3) is 22.3 Å². The van der Waals surface area contributed by atoms with E-state index in [2.05, 4.69) is 248 Å². The van der Waals surface area contributed by atoms with Crippen LogP contribution in [0.1, 0.15) is 156 Å². The van der Waals surface area contributed by atoms with Crippen molar-refractivity contribution in [2.45, 2.75) is 166 Å². The van der Waals surface area contributed by atoms with Crippen molar-refractivity contribution in [1.82, 2.24) is 0 Å². The zero-order chi connectivity index (χ0) is 49.6. The van der Waals surface area contributed by atoms with Crippen molar-refractivity contribution in [2.24, 2.45) is 0 Å². The van der Waals surface area contributed by atoms with Crippen molar-refractivity contribution in [3.8, 4) is 22.3 Å². The Balaban J connectivity index is 1.18. The highest BCUT2D eigenvalue weighted by Gasteiger charge is 2.59. The highest BCUT2D eigenvalue weighted by molar-refractivity contribution is 5.90. The predicted molar refractivity (Wildman–Crippen MR) is 304 cm³/mol. The van der Waals surface area contributed by atoms with Gasteiger partial charge < -0.3 is 14.7 Å². The van der Waals surface area contributed by atoms with Crippen LogP contribution < -0.4 is 14.7 Å². The fourth-order valence-corrected chi connectivity index (χ4v) is 14.2. The number of benzene rings is 7. The Morgan fingerprint density at radius 2 is 0.732 bits per heavy atom. The monoisotopic (exact) mass is 936 g/mol. The summed E-state index contributed by atoms with van der Waals surface area (Å²) in [7, 11) is 0. The van der Waals surface area contributed by atoms with Gasteiger partial charge in [0.05, 0.1) is 5.69 Å². The van der Waals surface area contributed by atoms with E-state index in [-0.39, 0.29) is 32.7 Å². The van der Waals surface area contributed by atoms with Crippen LogP contribution in [0.2, 0.25) is 0 Å². The second-order valence-corrected chi connectivity index (χ2v) is 24.9. The minimum Gasteiger partial charge on any atom is -0.335 e. The van der Waals surface area contributed by atoms with E-state index in [1.807, 2.05) is 0 Å². The van der Waals surface area contributed by atoms with Gasteiger partial charge in [-0.25, -0.2) is 0 Å². The molecule has 7 aromatic carbocycles. The van der Waals surface area contributed by atoms with Gasteiger partial charge in [-0.1, -0.05) is 177 Å². The average Bonchev–Trinajstić information content (AvgIpc) is 3.67. The third-order valence-electron chi connectivity index (χ3n) is 18.2. The minimum absolute atomic E-state index is 0.00626. The molecule has 2 aliphatic carbocycles.